The number of carbonyl (C=O) groups is 2. The van der Waals surface area contributed by atoms with E-state index in [1.54, 1.807) is 19.1 Å². The Morgan fingerprint density at radius 2 is 2.10 bits per heavy atom. The van der Waals surface area contributed by atoms with Crippen LogP contribution in [0.15, 0.2) is 22.7 Å². The zero-order valence-electron chi connectivity index (χ0n) is 11.8. The lowest BCUT2D eigenvalue weighted by Crippen LogP contribution is -2.38. The summed E-state index contributed by atoms with van der Waals surface area (Å²) in [6.07, 6.45) is -0.0635. The predicted molar refractivity (Wildman–Crippen MR) is 81.4 cm³/mol. The fourth-order valence-corrected chi connectivity index (χ4v) is 1.94. The Morgan fingerprint density at radius 1 is 1.45 bits per heavy atom. The molecule has 0 heterocycles. The lowest BCUT2D eigenvalue weighted by molar-refractivity contribution is -0.142. The van der Waals surface area contributed by atoms with Crippen molar-refractivity contribution in [1.82, 2.24) is 4.90 Å². The van der Waals surface area contributed by atoms with Crippen LogP contribution in [0.1, 0.15) is 18.9 Å². The monoisotopic (exact) mass is 342 g/mol. The molecule has 0 aliphatic heterocycles. The van der Waals surface area contributed by atoms with Crippen molar-refractivity contribution in [2.45, 2.75) is 26.4 Å². The van der Waals surface area contributed by atoms with Gasteiger partial charge < -0.3 is 15.3 Å². The van der Waals surface area contributed by atoms with Crippen molar-refractivity contribution in [3.8, 4) is 0 Å². The number of aliphatic hydroxyl groups excluding tert-OH is 1. The fourth-order valence-electron chi connectivity index (χ4n) is 1.57. The van der Waals surface area contributed by atoms with Crippen LogP contribution in [0.4, 0.5) is 5.69 Å². The molecule has 0 fully saturated rings. The summed E-state index contributed by atoms with van der Waals surface area (Å²) in [7, 11) is 1.54. The van der Waals surface area contributed by atoms with E-state index in [0.717, 1.165) is 10.0 Å². The topological polar surface area (TPSA) is 69.6 Å². The SMILES string of the molecule is Cc1c(Br)cccc1NC(=O)C(=O)N(C)CCC(C)O. The summed E-state index contributed by atoms with van der Waals surface area (Å²) in [5, 5.41) is 11.8. The van der Waals surface area contributed by atoms with Crippen molar-refractivity contribution in [1.29, 1.82) is 0 Å². The standard InChI is InChI=1S/C14H19BrN2O3/c1-9(18)7-8-17(3)14(20)13(19)16-12-6-4-5-11(15)10(12)2/h4-6,9,18H,7-8H2,1-3H3,(H,16,19). The van der Waals surface area contributed by atoms with Gasteiger partial charge in [-0.1, -0.05) is 22.0 Å². The number of aliphatic hydroxyl groups is 1. The number of carbonyl (C=O) groups excluding carboxylic acids is 2. The number of rotatable bonds is 4. The van der Waals surface area contributed by atoms with Gasteiger partial charge >= 0.3 is 11.8 Å². The summed E-state index contributed by atoms with van der Waals surface area (Å²) in [6.45, 7) is 3.83. The summed E-state index contributed by atoms with van der Waals surface area (Å²) >= 11 is 3.37. The molecule has 0 saturated carbocycles. The van der Waals surface area contributed by atoms with Gasteiger partial charge in [-0.25, -0.2) is 0 Å². The summed E-state index contributed by atoms with van der Waals surface area (Å²) in [5.41, 5.74) is 1.46. The van der Waals surface area contributed by atoms with Gasteiger partial charge in [0.1, 0.15) is 0 Å². The average molecular weight is 343 g/mol. The maximum Gasteiger partial charge on any atom is 0.313 e. The van der Waals surface area contributed by atoms with Crippen LogP contribution in [-0.2, 0) is 9.59 Å². The molecule has 1 aromatic carbocycles. The van der Waals surface area contributed by atoms with Crippen LogP contribution in [-0.4, -0.2) is 41.5 Å². The number of hydrogen-bond acceptors (Lipinski definition) is 3. The van der Waals surface area contributed by atoms with Crippen molar-refractivity contribution in [2.75, 3.05) is 18.9 Å². The number of likely N-dealkylation sites (N-methyl/N-ethyl adjacent to an activating group) is 1. The lowest BCUT2D eigenvalue weighted by Gasteiger charge is -2.18. The van der Waals surface area contributed by atoms with Gasteiger partial charge in [0, 0.05) is 23.8 Å². The second-order valence-electron chi connectivity index (χ2n) is 4.73. The van der Waals surface area contributed by atoms with E-state index in [1.165, 1.54) is 11.9 Å². The van der Waals surface area contributed by atoms with Crippen molar-refractivity contribution in [3.05, 3.63) is 28.2 Å². The summed E-state index contributed by atoms with van der Waals surface area (Å²) in [4.78, 5) is 25.1. The van der Waals surface area contributed by atoms with Crippen LogP contribution in [0.3, 0.4) is 0 Å². The van der Waals surface area contributed by atoms with Crippen LogP contribution < -0.4 is 5.32 Å². The van der Waals surface area contributed by atoms with Gasteiger partial charge in [-0.15, -0.1) is 0 Å². The molecule has 6 heteroatoms. The van der Waals surface area contributed by atoms with Gasteiger partial charge in [-0.05, 0) is 38.0 Å². The van der Waals surface area contributed by atoms with E-state index in [-0.39, 0.29) is 0 Å². The van der Waals surface area contributed by atoms with Crippen molar-refractivity contribution in [2.24, 2.45) is 0 Å². The van der Waals surface area contributed by atoms with E-state index in [0.29, 0.717) is 18.7 Å². The Labute approximate surface area is 127 Å². The largest absolute Gasteiger partial charge is 0.393 e. The van der Waals surface area contributed by atoms with Crippen molar-refractivity contribution >= 4 is 33.4 Å². The number of benzene rings is 1. The second-order valence-corrected chi connectivity index (χ2v) is 5.59. The first-order chi connectivity index (χ1) is 9.32. The first-order valence-corrected chi connectivity index (χ1v) is 7.12. The molecule has 0 aromatic heterocycles. The highest BCUT2D eigenvalue weighted by atomic mass is 79.9. The van der Waals surface area contributed by atoms with Crippen molar-refractivity contribution < 1.29 is 14.7 Å². The Morgan fingerprint density at radius 3 is 2.70 bits per heavy atom. The van der Waals surface area contributed by atoms with Crippen LogP contribution in [0.25, 0.3) is 0 Å². The van der Waals surface area contributed by atoms with Gasteiger partial charge in [0.05, 0.1) is 6.10 Å². The molecule has 2 amide bonds. The maximum absolute atomic E-state index is 11.9. The normalized spacial score (nSPS) is 11.8. The minimum Gasteiger partial charge on any atom is -0.393 e. The average Bonchev–Trinajstić information content (AvgIpc) is 2.40. The predicted octanol–water partition coefficient (Wildman–Crippen LogP) is 1.93. The molecular weight excluding hydrogens is 324 g/mol. The second kappa shape index (κ2) is 7.40. The molecule has 20 heavy (non-hydrogen) atoms. The highest BCUT2D eigenvalue weighted by Gasteiger charge is 2.19. The molecule has 110 valence electrons. The number of halogens is 1. The number of anilines is 1. The Kier molecular flexibility index (Phi) is 6.16. The molecule has 0 bridgehead atoms. The van der Waals surface area contributed by atoms with Gasteiger partial charge in [0.25, 0.3) is 0 Å². The number of nitrogens with one attached hydrogen (secondary N) is 1. The third-order valence-electron chi connectivity index (χ3n) is 2.94. The number of nitrogens with zero attached hydrogens (tertiary/aromatic N) is 1. The molecule has 0 radical (unpaired) electrons. The molecule has 0 saturated heterocycles. The lowest BCUT2D eigenvalue weighted by atomic mass is 10.2. The van der Waals surface area contributed by atoms with Gasteiger partial charge in [-0.3, -0.25) is 9.59 Å². The number of amides is 2. The van der Waals surface area contributed by atoms with E-state index >= 15 is 0 Å². The quantitative estimate of drug-likeness (QED) is 0.821. The minimum absolute atomic E-state index is 0.335. The van der Waals surface area contributed by atoms with E-state index < -0.39 is 17.9 Å². The molecule has 1 aromatic rings. The van der Waals surface area contributed by atoms with Crippen LogP contribution >= 0.6 is 15.9 Å². The third-order valence-corrected chi connectivity index (χ3v) is 3.80. The first-order valence-electron chi connectivity index (χ1n) is 6.32. The summed E-state index contributed by atoms with van der Waals surface area (Å²) in [6, 6.07) is 5.39. The molecular formula is C14H19BrN2O3. The minimum atomic E-state index is -0.681. The fraction of sp³-hybridized carbons (Fsp3) is 0.429. The number of hydrogen-bond donors (Lipinski definition) is 2. The van der Waals surface area contributed by atoms with Crippen LogP contribution in [0.5, 0.6) is 0 Å². The molecule has 1 rings (SSSR count). The van der Waals surface area contributed by atoms with Gasteiger partial charge in [-0.2, -0.15) is 0 Å². The molecule has 5 nitrogen and oxygen atoms in total. The molecule has 0 spiro atoms. The highest BCUT2D eigenvalue weighted by molar-refractivity contribution is 9.10. The Hall–Kier alpha value is -1.40. The van der Waals surface area contributed by atoms with Gasteiger partial charge in [0.2, 0.25) is 0 Å². The zero-order chi connectivity index (χ0) is 15.3. The van der Waals surface area contributed by atoms with E-state index in [9.17, 15) is 14.7 Å². The zero-order valence-corrected chi connectivity index (χ0v) is 13.4. The smallest absolute Gasteiger partial charge is 0.313 e. The molecule has 1 unspecified atom stereocenters. The van der Waals surface area contributed by atoms with Crippen LogP contribution in [0, 0.1) is 6.92 Å². The molecule has 1 atom stereocenters. The molecule has 0 aliphatic rings. The Balaban J connectivity index is 2.66. The maximum atomic E-state index is 11.9. The highest BCUT2D eigenvalue weighted by Crippen LogP contribution is 2.23. The third kappa shape index (κ3) is 4.61. The summed E-state index contributed by atoms with van der Waals surface area (Å²) < 4.78 is 0.866. The Bertz CT molecular complexity index is 503. The van der Waals surface area contributed by atoms with E-state index in [4.69, 9.17) is 0 Å². The van der Waals surface area contributed by atoms with E-state index in [1.807, 2.05) is 13.0 Å². The van der Waals surface area contributed by atoms with E-state index in [2.05, 4.69) is 21.2 Å². The molecule has 2 N–H and O–H groups in total. The summed E-state index contributed by atoms with van der Waals surface area (Å²) in [5.74, 6) is -1.30. The van der Waals surface area contributed by atoms with Crippen molar-refractivity contribution in [3.63, 3.8) is 0 Å². The first kappa shape index (κ1) is 16.7. The molecule has 0 aliphatic carbocycles. The van der Waals surface area contributed by atoms with Gasteiger partial charge in [0.15, 0.2) is 0 Å². The van der Waals surface area contributed by atoms with Crippen LogP contribution in [0.2, 0.25) is 0 Å².